The van der Waals surface area contributed by atoms with Crippen molar-refractivity contribution in [3.63, 3.8) is 0 Å². The van der Waals surface area contributed by atoms with E-state index in [0.717, 1.165) is 37.1 Å². The second kappa shape index (κ2) is 29.8. The maximum Gasteiger partial charge on any atom is 0.259 e. The lowest BCUT2D eigenvalue weighted by atomic mass is 9.99. The van der Waals surface area contributed by atoms with Crippen molar-refractivity contribution in [2.24, 2.45) is 4.99 Å². The van der Waals surface area contributed by atoms with Crippen molar-refractivity contribution < 1.29 is 47.6 Å². The molecule has 0 saturated carbocycles. The first-order valence-corrected chi connectivity index (χ1v) is 25.3. The molecule has 19 nitrogen and oxygen atoms in total. The first kappa shape index (κ1) is 56.4. The summed E-state index contributed by atoms with van der Waals surface area (Å²) in [6.45, 7) is 13.9. The average molecular weight is 1040 g/mol. The van der Waals surface area contributed by atoms with Gasteiger partial charge in [-0.2, -0.15) is 0 Å². The van der Waals surface area contributed by atoms with Crippen LogP contribution in [-0.4, -0.2) is 144 Å². The first-order chi connectivity index (χ1) is 34.2. The molecule has 5 rings (SSSR count). The van der Waals surface area contributed by atoms with Gasteiger partial charge in [-0.15, -0.1) is 22.7 Å². The number of halogens is 1. The van der Waals surface area contributed by atoms with Gasteiger partial charge in [-0.25, -0.2) is 4.98 Å². The van der Waals surface area contributed by atoms with E-state index in [-0.39, 0.29) is 80.9 Å². The van der Waals surface area contributed by atoms with Gasteiger partial charge in [0.2, 0.25) is 17.7 Å². The van der Waals surface area contributed by atoms with Crippen molar-refractivity contribution in [3.8, 4) is 0 Å². The lowest BCUT2D eigenvalue weighted by Gasteiger charge is -2.24. The van der Waals surface area contributed by atoms with Gasteiger partial charge in [0.05, 0.1) is 115 Å². The van der Waals surface area contributed by atoms with Crippen LogP contribution in [0.2, 0.25) is 5.02 Å². The molecular weight excluding hydrogens is 974 g/mol. The van der Waals surface area contributed by atoms with Gasteiger partial charge < -0.3 is 44.4 Å². The SMILES string of the molecule is CC(=N)N1C(=N)[C@H](CC(=O)NCCNC(=O)CCOCCOCCOCCOCCOCCOCCC(=O)Nc2ccccc2C(=O)Nc2nc(C)c(C)s2)N=C(c2ccc(Cl)cc2)c2c1sc(C)c2C. The Hall–Kier alpha value is -5.49. The summed E-state index contributed by atoms with van der Waals surface area (Å²) in [6.07, 6.45) is 0.151. The second-order valence-electron chi connectivity index (χ2n) is 16.1. The van der Waals surface area contributed by atoms with Gasteiger partial charge >= 0.3 is 0 Å². The average Bonchev–Trinajstić information content (AvgIpc) is 3.77. The summed E-state index contributed by atoms with van der Waals surface area (Å²) < 4.78 is 33.1. The van der Waals surface area contributed by atoms with Gasteiger partial charge in [-0.05, 0) is 64.4 Å². The molecule has 1 aliphatic heterocycles. The smallest absolute Gasteiger partial charge is 0.259 e. The Morgan fingerprint density at radius 1 is 0.690 bits per heavy atom. The number of para-hydroxylation sites is 1. The van der Waals surface area contributed by atoms with Crippen LogP contribution in [0.5, 0.6) is 0 Å². The Kier molecular flexibility index (Phi) is 23.6. The number of ether oxygens (including phenoxy) is 6. The van der Waals surface area contributed by atoms with Gasteiger partial charge in [0, 0.05) is 45.4 Å². The number of aryl methyl sites for hydroxylation is 3. The lowest BCUT2D eigenvalue weighted by Crippen LogP contribution is -2.43. The van der Waals surface area contributed by atoms with Crippen molar-refractivity contribution in [3.05, 3.63) is 91.3 Å². The predicted octanol–water partition coefficient (Wildman–Crippen LogP) is 6.49. The summed E-state index contributed by atoms with van der Waals surface area (Å²) in [5, 5.41) is 30.5. The van der Waals surface area contributed by atoms with E-state index in [9.17, 15) is 19.2 Å². The fraction of sp³-hybridized carbons (Fsp3) is 0.469. The monoisotopic (exact) mass is 1040 g/mol. The Bertz CT molecular complexity index is 2440. The molecule has 71 heavy (non-hydrogen) atoms. The van der Waals surface area contributed by atoms with Crippen LogP contribution in [0.3, 0.4) is 0 Å². The number of carbonyl (C=O) groups excluding carboxylic acids is 4. The molecule has 22 heteroatoms. The van der Waals surface area contributed by atoms with Crippen molar-refractivity contribution in [2.45, 2.75) is 59.9 Å². The van der Waals surface area contributed by atoms with E-state index in [1.54, 1.807) is 48.2 Å². The van der Waals surface area contributed by atoms with Crippen LogP contribution in [0.1, 0.15) is 68.7 Å². The van der Waals surface area contributed by atoms with Crippen LogP contribution < -0.4 is 26.2 Å². The number of aromatic nitrogens is 1. The highest BCUT2D eigenvalue weighted by Gasteiger charge is 2.35. The number of aliphatic imine (C=N–C) groups is 1. The predicted molar refractivity (Wildman–Crippen MR) is 278 cm³/mol. The molecule has 0 spiro atoms. The number of fused-ring (bicyclic) bond motifs is 1. The fourth-order valence-corrected chi connectivity index (χ4v) is 9.01. The van der Waals surface area contributed by atoms with Crippen LogP contribution in [0.25, 0.3) is 0 Å². The number of nitrogens with one attached hydrogen (secondary N) is 6. The maximum absolute atomic E-state index is 13.1. The number of thiazole rings is 1. The van der Waals surface area contributed by atoms with E-state index in [0.29, 0.717) is 93.2 Å². The number of amidine groups is 2. The molecule has 384 valence electrons. The van der Waals surface area contributed by atoms with Crippen molar-refractivity contribution in [1.29, 1.82) is 10.8 Å². The highest BCUT2D eigenvalue weighted by atomic mass is 35.5. The van der Waals surface area contributed by atoms with E-state index in [1.165, 1.54) is 22.7 Å². The van der Waals surface area contributed by atoms with Crippen LogP contribution in [-0.2, 0) is 42.8 Å². The molecule has 0 radical (unpaired) electrons. The number of benzene rings is 2. The molecule has 0 unspecified atom stereocenters. The van der Waals surface area contributed by atoms with Crippen molar-refractivity contribution >= 4 is 91.1 Å². The topological polar surface area (TPSA) is 248 Å². The highest BCUT2D eigenvalue weighted by molar-refractivity contribution is 7.17. The molecule has 4 amide bonds. The molecule has 0 bridgehead atoms. The van der Waals surface area contributed by atoms with Gasteiger partial charge in [-0.3, -0.25) is 45.2 Å². The van der Waals surface area contributed by atoms with E-state index in [2.05, 4.69) is 26.3 Å². The zero-order chi connectivity index (χ0) is 51.1. The number of hydrogen-bond acceptors (Lipinski definition) is 16. The van der Waals surface area contributed by atoms with E-state index in [4.69, 9.17) is 55.8 Å². The summed E-state index contributed by atoms with van der Waals surface area (Å²) >= 11 is 9.06. The van der Waals surface area contributed by atoms with E-state index >= 15 is 0 Å². The molecule has 2 aromatic heterocycles. The minimum atomic E-state index is -0.853. The van der Waals surface area contributed by atoms with E-state index < -0.39 is 6.04 Å². The van der Waals surface area contributed by atoms with Crippen LogP contribution in [0.15, 0.2) is 53.5 Å². The van der Waals surface area contributed by atoms with Gasteiger partial charge in [0.1, 0.15) is 22.7 Å². The quantitative estimate of drug-likeness (QED) is 0.0187. The molecule has 1 atom stereocenters. The summed E-state index contributed by atoms with van der Waals surface area (Å²) in [6, 6.07) is 13.2. The Labute approximate surface area is 427 Å². The third-order valence-electron chi connectivity index (χ3n) is 10.8. The number of hydrogen-bond donors (Lipinski definition) is 6. The second-order valence-corrected chi connectivity index (χ2v) is 18.9. The normalized spacial score (nSPS) is 13.3. The molecule has 2 aromatic carbocycles. The third-order valence-corrected chi connectivity index (χ3v) is 13.2. The molecule has 0 saturated heterocycles. The molecule has 0 aliphatic carbocycles. The van der Waals surface area contributed by atoms with Gasteiger partial charge in [0.25, 0.3) is 5.91 Å². The zero-order valence-corrected chi connectivity index (χ0v) is 43.2. The molecule has 0 fully saturated rings. The van der Waals surface area contributed by atoms with Crippen LogP contribution in [0, 0.1) is 38.5 Å². The van der Waals surface area contributed by atoms with E-state index in [1.807, 2.05) is 39.8 Å². The van der Waals surface area contributed by atoms with Crippen molar-refractivity contribution in [2.75, 3.05) is 108 Å². The molecule has 3 heterocycles. The third kappa shape index (κ3) is 18.3. The van der Waals surface area contributed by atoms with Gasteiger partial charge in [0.15, 0.2) is 5.13 Å². The largest absolute Gasteiger partial charge is 0.379 e. The molecule has 1 aliphatic rings. The molecule has 6 N–H and O–H groups in total. The standard InChI is InChI=1S/C49H64ClN9O10S2/c1-31-33(3)70-48-44(31)45(36-10-12-37(50)13-11-36)57-40(46(52)59(48)35(5)51)30-43(62)54-17-16-53-41(60)14-18-64-20-22-66-24-26-68-28-29-69-27-25-67-23-21-65-19-15-42(61)56-39-9-7-6-8-38(39)47(63)58-49-55-32(2)34(4)71-49/h6-13,40,51-52H,14-30H2,1-5H3,(H,53,60)(H,54,62)(H,56,61)(H,55,58,63)/t40-/m0/s1. The maximum atomic E-state index is 13.1. The molecule has 4 aromatic rings. The number of thiophene rings is 1. The van der Waals surface area contributed by atoms with Crippen LogP contribution in [0.4, 0.5) is 15.8 Å². The molecular formula is C49H64ClN9O10S2. The minimum absolute atomic E-state index is 0.0363. The Morgan fingerprint density at radius 3 is 1.77 bits per heavy atom. The minimum Gasteiger partial charge on any atom is -0.379 e. The zero-order valence-electron chi connectivity index (χ0n) is 40.8. The summed E-state index contributed by atoms with van der Waals surface area (Å²) in [5.41, 5.74) is 4.88. The van der Waals surface area contributed by atoms with Gasteiger partial charge in [-0.1, -0.05) is 35.9 Å². The fourth-order valence-electron chi connectivity index (χ4n) is 6.85. The number of nitrogens with zero attached hydrogens (tertiary/aromatic N) is 3. The summed E-state index contributed by atoms with van der Waals surface area (Å²) in [7, 11) is 0. The Balaban J connectivity index is 0.811. The number of anilines is 3. The van der Waals surface area contributed by atoms with Crippen LogP contribution >= 0.6 is 34.3 Å². The Morgan fingerprint density at radius 2 is 1.23 bits per heavy atom. The summed E-state index contributed by atoms with van der Waals surface area (Å²) in [4.78, 5) is 63.7. The number of carbonyl (C=O) groups is 4. The first-order valence-electron chi connectivity index (χ1n) is 23.2. The number of rotatable bonds is 30. The number of amides is 4. The van der Waals surface area contributed by atoms with Crippen molar-refractivity contribution in [1.82, 2.24) is 15.6 Å². The highest BCUT2D eigenvalue weighted by Crippen LogP contribution is 2.40. The lowest BCUT2D eigenvalue weighted by molar-refractivity contribution is -0.123. The summed E-state index contributed by atoms with van der Waals surface area (Å²) in [5.74, 6) is -0.992.